The van der Waals surface area contributed by atoms with E-state index in [1.807, 2.05) is 12.1 Å². The van der Waals surface area contributed by atoms with Crippen molar-refractivity contribution in [3.8, 4) is 0 Å². The maximum Gasteiger partial charge on any atom is 0.306 e. The highest BCUT2D eigenvalue weighted by Gasteiger charge is 2.08. The highest BCUT2D eigenvalue weighted by molar-refractivity contribution is 7.99. The maximum absolute atomic E-state index is 10.4. The number of rotatable bonds is 11. The highest BCUT2D eigenvalue weighted by atomic mass is 35.5. The van der Waals surface area contributed by atoms with E-state index in [0.29, 0.717) is 10.8 Å². The van der Waals surface area contributed by atoms with Gasteiger partial charge in [0, 0.05) is 15.8 Å². The van der Waals surface area contributed by atoms with Gasteiger partial charge in [-0.2, -0.15) is 11.8 Å². The Hall–Kier alpha value is -0.420. The number of aryl methyl sites for hydroxylation is 1. The van der Waals surface area contributed by atoms with Gasteiger partial charge in [0.05, 0.1) is 12.5 Å². The van der Waals surface area contributed by atoms with Gasteiger partial charge in [0.15, 0.2) is 0 Å². The van der Waals surface area contributed by atoms with Crippen molar-refractivity contribution in [3.05, 3.63) is 33.8 Å². The van der Waals surface area contributed by atoms with E-state index in [4.69, 9.17) is 28.3 Å². The first-order chi connectivity index (χ1) is 10.5. The predicted molar refractivity (Wildman–Crippen MR) is 94.2 cm³/mol. The Kier molecular flexibility index (Phi) is 9.96. The van der Waals surface area contributed by atoms with E-state index in [9.17, 15) is 9.90 Å². The van der Waals surface area contributed by atoms with E-state index in [1.54, 1.807) is 17.8 Å². The van der Waals surface area contributed by atoms with Crippen molar-refractivity contribution < 1.29 is 15.0 Å². The number of benzene rings is 1. The molecule has 0 spiro atoms. The number of carboxylic acid groups (broad SMARTS) is 1. The lowest BCUT2D eigenvalue weighted by Gasteiger charge is -2.07. The molecule has 0 unspecified atom stereocenters. The zero-order valence-corrected chi connectivity index (χ0v) is 14.8. The minimum Gasteiger partial charge on any atom is -0.481 e. The summed E-state index contributed by atoms with van der Waals surface area (Å²) in [5.41, 5.74) is 1.14. The van der Waals surface area contributed by atoms with Gasteiger partial charge in [-0.1, -0.05) is 42.1 Å². The van der Waals surface area contributed by atoms with Crippen LogP contribution in [0.15, 0.2) is 18.2 Å². The van der Waals surface area contributed by atoms with Crippen LogP contribution in [0.25, 0.3) is 0 Å². The molecular formula is C16H22Cl2O3S. The third kappa shape index (κ3) is 8.89. The number of aliphatic carboxylic acids is 1. The molecule has 0 aromatic heterocycles. The van der Waals surface area contributed by atoms with Crippen molar-refractivity contribution in [1.29, 1.82) is 0 Å². The normalized spacial score (nSPS) is 12.3. The first-order valence-corrected chi connectivity index (χ1v) is 9.31. The molecule has 124 valence electrons. The summed E-state index contributed by atoms with van der Waals surface area (Å²) in [5.74, 6) is 0.499. The summed E-state index contributed by atoms with van der Waals surface area (Å²) in [5, 5.41) is 19.3. The Bertz CT molecular complexity index is 469. The smallest absolute Gasteiger partial charge is 0.306 e. The first kappa shape index (κ1) is 19.6. The van der Waals surface area contributed by atoms with Crippen molar-refractivity contribution in [2.45, 2.75) is 44.6 Å². The van der Waals surface area contributed by atoms with Gasteiger partial charge in [-0.15, -0.1) is 0 Å². The quantitative estimate of drug-likeness (QED) is 0.560. The number of aliphatic hydroxyl groups is 1. The number of aliphatic hydroxyl groups excluding tert-OH is 1. The molecule has 0 heterocycles. The summed E-state index contributed by atoms with van der Waals surface area (Å²) in [4.78, 5) is 10.4. The molecule has 0 amide bonds. The Labute approximate surface area is 146 Å². The molecule has 1 aromatic rings. The van der Waals surface area contributed by atoms with Crippen molar-refractivity contribution >= 4 is 40.9 Å². The van der Waals surface area contributed by atoms with Crippen LogP contribution in [0.1, 0.15) is 37.7 Å². The van der Waals surface area contributed by atoms with Crippen molar-refractivity contribution in [3.63, 3.8) is 0 Å². The lowest BCUT2D eigenvalue weighted by molar-refractivity contribution is -0.138. The summed E-state index contributed by atoms with van der Waals surface area (Å²) in [6, 6.07) is 5.61. The minimum atomic E-state index is -0.950. The third-order valence-corrected chi connectivity index (χ3v) is 5.01. The van der Waals surface area contributed by atoms with Crippen LogP contribution in [0, 0.1) is 0 Å². The lowest BCUT2D eigenvalue weighted by Crippen LogP contribution is -2.15. The number of hydrogen-bond acceptors (Lipinski definition) is 3. The Morgan fingerprint density at radius 2 is 1.91 bits per heavy atom. The molecule has 6 heteroatoms. The molecule has 0 radical (unpaired) electrons. The van der Waals surface area contributed by atoms with E-state index < -0.39 is 12.1 Å². The molecule has 2 N–H and O–H groups in total. The number of thioether (sulfide) groups is 1. The molecule has 1 aromatic carbocycles. The van der Waals surface area contributed by atoms with Gasteiger partial charge in [0.25, 0.3) is 0 Å². The number of carbonyl (C=O) groups is 1. The zero-order valence-electron chi connectivity index (χ0n) is 12.4. The fourth-order valence-electron chi connectivity index (χ4n) is 2.08. The molecule has 0 saturated heterocycles. The van der Waals surface area contributed by atoms with Gasteiger partial charge in [0.2, 0.25) is 0 Å². The topological polar surface area (TPSA) is 57.5 Å². The van der Waals surface area contributed by atoms with Crippen LogP contribution < -0.4 is 0 Å². The molecule has 3 nitrogen and oxygen atoms in total. The molecule has 1 atom stereocenters. The van der Waals surface area contributed by atoms with E-state index in [-0.39, 0.29) is 6.42 Å². The van der Waals surface area contributed by atoms with Crippen molar-refractivity contribution in [2.75, 3.05) is 11.5 Å². The molecule has 0 saturated carbocycles. The van der Waals surface area contributed by atoms with Gasteiger partial charge in [0.1, 0.15) is 0 Å². The standard InChI is InChI=1S/C16H22Cl2O3S/c17-13-7-6-12(15(18)9-13)5-3-1-2-4-8-22-11-14(19)10-16(20)21/h6-7,9,14,19H,1-5,8,10-11H2,(H,20,21)/t14-/m0/s1. The molecular weight excluding hydrogens is 343 g/mol. The van der Waals surface area contributed by atoms with Gasteiger partial charge in [-0.05, 0) is 42.7 Å². The molecule has 22 heavy (non-hydrogen) atoms. The Morgan fingerprint density at radius 1 is 1.18 bits per heavy atom. The van der Waals surface area contributed by atoms with Crippen LogP contribution in [0.2, 0.25) is 10.0 Å². The van der Waals surface area contributed by atoms with E-state index in [1.165, 1.54) is 0 Å². The SMILES string of the molecule is O=C(O)C[C@H](O)CSCCCCCCc1ccc(Cl)cc1Cl. The average molecular weight is 365 g/mol. The average Bonchev–Trinajstić information content (AvgIpc) is 2.43. The largest absolute Gasteiger partial charge is 0.481 e. The summed E-state index contributed by atoms with van der Waals surface area (Å²) >= 11 is 13.6. The van der Waals surface area contributed by atoms with Gasteiger partial charge < -0.3 is 10.2 Å². The van der Waals surface area contributed by atoms with Gasteiger partial charge >= 0.3 is 5.97 Å². The maximum atomic E-state index is 10.4. The van der Waals surface area contributed by atoms with E-state index in [0.717, 1.165) is 48.4 Å². The van der Waals surface area contributed by atoms with Crippen molar-refractivity contribution in [1.82, 2.24) is 0 Å². The van der Waals surface area contributed by atoms with Gasteiger partial charge in [-0.25, -0.2) is 0 Å². The fraction of sp³-hybridized carbons (Fsp3) is 0.562. The lowest BCUT2D eigenvalue weighted by atomic mass is 10.1. The number of unbranched alkanes of at least 4 members (excludes halogenated alkanes) is 3. The van der Waals surface area contributed by atoms with Crippen LogP contribution in [0.4, 0.5) is 0 Å². The van der Waals surface area contributed by atoms with E-state index in [2.05, 4.69) is 0 Å². The molecule has 1 rings (SSSR count). The number of carboxylic acids is 1. The van der Waals surface area contributed by atoms with Crippen LogP contribution in [0.5, 0.6) is 0 Å². The second-order valence-corrected chi connectivity index (χ2v) is 7.22. The predicted octanol–water partition coefficient (Wildman–Crippen LogP) is 4.67. The monoisotopic (exact) mass is 364 g/mol. The second kappa shape index (κ2) is 11.2. The minimum absolute atomic E-state index is 0.172. The van der Waals surface area contributed by atoms with Crippen LogP contribution in [-0.2, 0) is 11.2 Å². The molecule has 0 fully saturated rings. The van der Waals surface area contributed by atoms with Crippen LogP contribution in [0.3, 0.4) is 0 Å². The second-order valence-electron chi connectivity index (χ2n) is 5.23. The summed E-state index contributed by atoms with van der Waals surface area (Å²) < 4.78 is 0. The van der Waals surface area contributed by atoms with Crippen LogP contribution in [-0.4, -0.2) is 33.8 Å². The number of halogens is 2. The third-order valence-electron chi connectivity index (χ3n) is 3.22. The zero-order chi connectivity index (χ0) is 16.4. The first-order valence-electron chi connectivity index (χ1n) is 7.40. The summed E-state index contributed by atoms with van der Waals surface area (Å²) in [6.07, 6.45) is 4.49. The van der Waals surface area contributed by atoms with E-state index >= 15 is 0 Å². The molecule has 0 aliphatic carbocycles. The van der Waals surface area contributed by atoms with Gasteiger partial charge in [-0.3, -0.25) is 4.79 Å². The number of hydrogen-bond donors (Lipinski definition) is 2. The highest BCUT2D eigenvalue weighted by Crippen LogP contribution is 2.22. The fourth-order valence-corrected chi connectivity index (χ4v) is 3.55. The van der Waals surface area contributed by atoms with Crippen molar-refractivity contribution in [2.24, 2.45) is 0 Å². The molecule has 0 bridgehead atoms. The molecule has 0 aliphatic rings. The Balaban J connectivity index is 2.01. The Morgan fingerprint density at radius 3 is 2.59 bits per heavy atom. The molecule has 0 aliphatic heterocycles. The van der Waals surface area contributed by atoms with Crippen LogP contribution >= 0.6 is 35.0 Å². The summed E-state index contributed by atoms with van der Waals surface area (Å²) in [7, 11) is 0. The summed E-state index contributed by atoms with van der Waals surface area (Å²) in [6.45, 7) is 0.